The number of rotatable bonds is 6. The highest BCUT2D eigenvalue weighted by Crippen LogP contribution is 2.41. The number of methoxy groups -OCH3 is 1. The summed E-state index contributed by atoms with van der Waals surface area (Å²) in [6.45, 7) is 1.19. The molecule has 0 unspecified atom stereocenters. The lowest BCUT2D eigenvalue weighted by atomic mass is 9.70. The molecule has 0 aliphatic heterocycles. The number of hydrogen-bond acceptors (Lipinski definition) is 2. The fourth-order valence-electron chi connectivity index (χ4n) is 3.62. The summed E-state index contributed by atoms with van der Waals surface area (Å²) in [6.07, 6.45) is 10.8. The molecule has 2 heteroatoms. The molecule has 1 aromatic rings. The van der Waals surface area contributed by atoms with Crippen molar-refractivity contribution < 1.29 is 4.74 Å². The zero-order chi connectivity index (χ0) is 13.8. The zero-order valence-corrected chi connectivity index (χ0v) is 12.7. The van der Waals surface area contributed by atoms with Gasteiger partial charge in [-0.15, -0.1) is 0 Å². The molecule has 0 aromatic heterocycles. The van der Waals surface area contributed by atoms with Crippen molar-refractivity contribution >= 4 is 0 Å². The van der Waals surface area contributed by atoms with Gasteiger partial charge < -0.3 is 10.1 Å². The van der Waals surface area contributed by atoms with E-state index in [0.29, 0.717) is 5.41 Å². The summed E-state index contributed by atoms with van der Waals surface area (Å²) in [4.78, 5) is 0. The molecule has 2 aliphatic carbocycles. The van der Waals surface area contributed by atoms with Crippen LogP contribution in [-0.2, 0) is 6.42 Å². The van der Waals surface area contributed by atoms with E-state index in [0.717, 1.165) is 18.2 Å². The Hall–Kier alpha value is -1.02. The van der Waals surface area contributed by atoms with Crippen molar-refractivity contribution in [3.63, 3.8) is 0 Å². The van der Waals surface area contributed by atoms with Gasteiger partial charge in [-0.05, 0) is 49.1 Å². The maximum atomic E-state index is 5.55. The van der Waals surface area contributed by atoms with E-state index >= 15 is 0 Å². The van der Waals surface area contributed by atoms with E-state index in [1.54, 1.807) is 7.11 Å². The highest BCUT2D eigenvalue weighted by molar-refractivity contribution is 5.34. The summed E-state index contributed by atoms with van der Waals surface area (Å²) in [5.74, 6) is 1.06. The van der Waals surface area contributed by atoms with Crippen LogP contribution in [0.5, 0.6) is 5.75 Å². The number of hydrogen-bond donors (Lipinski definition) is 1. The molecule has 1 aromatic carbocycles. The van der Waals surface area contributed by atoms with Crippen LogP contribution in [0.15, 0.2) is 24.3 Å². The third-order valence-electron chi connectivity index (χ3n) is 5.02. The number of nitrogens with one attached hydrogen (secondary N) is 1. The third kappa shape index (κ3) is 3.35. The molecule has 0 bridgehead atoms. The Balaban J connectivity index is 1.73. The minimum Gasteiger partial charge on any atom is -0.496 e. The Morgan fingerprint density at radius 3 is 2.60 bits per heavy atom. The molecule has 1 N–H and O–H groups in total. The first-order chi connectivity index (χ1) is 9.81. The van der Waals surface area contributed by atoms with Gasteiger partial charge in [0.05, 0.1) is 7.11 Å². The van der Waals surface area contributed by atoms with Crippen LogP contribution >= 0.6 is 0 Å². The second kappa shape index (κ2) is 6.17. The molecule has 0 radical (unpaired) electrons. The molecule has 0 spiro atoms. The van der Waals surface area contributed by atoms with Gasteiger partial charge in [-0.25, -0.2) is 0 Å². The summed E-state index contributed by atoms with van der Waals surface area (Å²) < 4.78 is 5.55. The first kappa shape index (κ1) is 13.9. The Kier molecular flexibility index (Phi) is 4.30. The molecule has 0 amide bonds. The molecule has 2 aliphatic rings. The van der Waals surface area contributed by atoms with Gasteiger partial charge in [0.15, 0.2) is 0 Å². The maximum absolute atomic E-state index is 5.55. The van der Waals surface area contributed by atoms with Crippen LogP contribution in [0.2, 0.25) is 0 Å². The maximum Gasteiger partial charge on any atom is 0.122 e. The molecule has 0 atom stereocenters. The van der Waals surface area contributed by atoms with Crippen LogP contribution in [0, 0.1) is 5.41 Å². The average molecular weight is 273 g/mol. The molecule has 2 fully saturated rings. The van der Waals surface area contributed by atoms with Gasteiger partial charge in [0.25, 0.3) is 0 Å². The molecule has 110 valence electrons. The highest BCUT2D eigenvalue weighted by atomic mass is 16.5. The van der Waals surface area contributed by atoms with Gasteiger partial charge >= 0.3 is 0 Å². The van der Waals surface area contributed by atoms with E-state index in [1.807, 2.05) is 0 Å². The van der Waals surface area contributed by atoms with E-state index in [2.05, 4.69) is 29.6 Å². The Morgan fingerprint density at radius 1 is 1.15 bits per heavy atom. The average Bonchev–Trinajstić information content (AvgIpc) is 3.31. The van der Waals surface area contributed by atoms with Gasteiger partial charge in [-0.1, -0.05) is 37.5 Å². The summed E-state index contributed by atoms with van der Waals surface area (Å²) in [7, 11) is 1.79. The van der Waals surface area contributed by atoms with Crippen molar-refractivity contribution in [3.05, 3.63) is 29.8 Å². The topological polar surface area (TPSA) is 21.3 Å². The summed E-state index contributed by atoms with van der Waals surface area (Å²) in [5.41, 5.74) is 1.84. The van der Waals surface area contributed by atoms with Gasteiger partial charge in [-0.3, -0.25) is 0 Å². The lowest BCUT2D eigenvalue weighted by molar-refractivity contribution is 0.178. The normalized spacial score (nSPS) is 21.6. The van der Waals surface area contributed by atoms with Crippen LogP contribution in [0.1, 0.15) is 50.5 Å². The molecule has 2 saturated carbocycles. The number of para-hydroxylation sites is 1. The summed E-state index contributed by atoms with van der Waals surface area (Å²) in [6, 6.07) is 9.36. The molecule has 0 heterocycles. The highest BCUT2D eigenvalue weighted by Gasteiger charge is 2.34. The predicted molar refractivity (Wildman–Crippen MR) is 83.2 cm³/mol. The van der Waals surface area contributed by atoms with Gasteiger partial charge in [-0.2, -0.15) is 0 Å². The van der Waals surface area contributed by atoms with E-state index < -0.39 is 0 Å². The first-order valence-corrected chi connectivity index (χ1v) is 8.17. The molecule has 3 rings (SSSR count). The number of ether oxygens (including phenoxy) is 1. The van der Waals surface area contributed by atoms with Crippen molar-refractivity contribution in [2.75, 3.05) is 13.7 Å². The van der Waals surface area contributed by atoms with Crippen molar-refractivity contribution in [2.45, 2.75) is 57.4 Å². The largest absolute Gasteiger partial charge is 0.496 e. The van der Waals surface area contributed by atoms with Crippen molar-refractivity contribution in [3.8, 4) is 5.75 Å². The van der Waals surface area contributed by atoms with Crippen LogP contribution in [-0.4, -0.2) is 19.7 Å². The standard InChI is InChI=1S/C18H27NO/c1-20-17-8-4-3-7-15(17)13-18(11-5-2-6-12-18)14-19-16-9-10-16/h3-4,7-8,16,19H,2,5-6,9-14H2,1H3. The molecule has 2 nitrogen and oxygen atoms in total. The minimum atomic E-state index is 0.454. The lowest BCUT2D eigenvalue weighted by Gasteiger charge is -2.38. The number of benzene rings is 1. The van der Waals surface area contributed by atoms with E-state index in [1.165, 1.54) is 57.1 Å². The van der Waals surface area contributed by atoms with E-state index in [-0.39, 0.29) is 0 Å². The Morgan fingerprint density at radius 2 is 1.90 bits per heavy atom. The summed E-state index contributed by atoms with van der Waals surface area (Å²) in [5, 5.41) is 3.78. The second-order valence-corrected chi connectivity index (χ2v) is 6.70. The molecular formula is C18H27NO. The van der Waals surface area contributed by atoms with Crippen LogP contribution in [0.3, 0.4) is 0 Å². The quantitative estimate of drug-likeness (QED) is 0.847. The molecule has 0 saturated heterocycles. The Labute approximate surface area is 122 Å². The van der Waals surface area contributed by atoms with E-state index in [4.69, 9.17) is 4.74 Å². The fraction of sp³-hybridized carbons (Fsp3) is 0.667. The molecule has 20 heavy (non-hydrogen) atoms. The SMILES string of the molecule is COc1ccccc1CC1(CNC2CC2)CCCCC1. The van der Waals surface area contributed by atoms with Crippen molar-refractivity contribution in [2.24, 2.45) is 5.41 Å². The van der Waals surface area contributed by atoms with Gasteiger partial charge in [0.1, 0.15) is 5.75 Å². The van der Waals surface area contributed by atoms with Crippen LogP contribution < -0.4 is 10.1 Å². The summed E-state index contributed by atoms with van der Waals surface area (Å²) >= 11 is 0. The van der Waals surface area contributed by atoms with E-state index in [9.17, 15) is 0 Å². The first-order valence-electron chi connectivity index (χ1n) is 8.17. The fourth-order valence-corrected chi connectivity index (χ4v) is 3.62. The monoisotopic (exact) mass is 273 g/mol. The van der Waals surface area contributed by atoms with Gasteiger partial charge in [0.2, 0.25) is 0 Å². The van der Waals surface area contributed by atoms with Crippen LogP contribution in [0.25, 0.3) is 0 Å². The zero-order valence-electron chi connectivity index (χ0n) is 12.7. The van der Waals surface area contributed by atoms with Crippen LogP contribution in [0.4, 0.5) is 0 Å². The van der Waals surface area contributed by atoms with Crippen molar-refractivity contribution in [1.82, 2.24) is 5.32 Å². The lowest BCUT2D eigenvalue weighted by Crippen LogP contribution is -2.38. The van der Waals surface area contributed by atoms with Gasteiger partial charge in [0, 0.05) is 12.6 Å². The molecular weight excluding hydrogens is 246 g/mol. The second-order valence-electron chi connectivity index (χ2n) is 6.70. The van der Waals surface area contributed by atoms with Crippen molar-refractivity contribution in [1.29, 1.82) is 0 Å². The Bertz CT molecular complexity index is 433. The third-order valence-corrected chi connectivity index (χ3v) is 5.02. The predicted octanol–water partition coefficient (Wildman–Crippen LogP) is 3.94. The smallest absolute Gasteiger partial charge is 0.122 e. The minimum absolute atomic E-state index is 0.454.